The Labute approximate surface area is 214 Å². The maximum absolute atomic E-state index is 13.2. The van der Waals surface area contributed by atoms with E-state index in [1.807, 2.05) is 23.7 Å². The van der Waals surface area contributed by atoms with Crippen LogP contribution >= 0.6 is 22.7 Å². The van der Waals surface area contributed by atoms with Crippen LogP contribution in [0.15, 0.2) is 71.5 Å². The summed E-state index contributed by atoms with van der Waals surface area (Å²) in [5.74, 6) is -0.237. The van der Waals surface area contributed by atoms with Gasteiger partial charge in [0.15, 0.2) is 0 Å². The van der Waals surface area contributed by atoms with Crippen molar-refractivity contribution in [3.63, 3.8) is 0 Å². The fraction of sp³-hybridized carbons (Fsp3) is 0.192. The number of aryl methyl sites for hydroxylation is 1. The van der Waals surface area contributed by atoms with E-state index >= 15 is 0 Å². The Bertz CT molecular complexity index is 1560. The molecule has 1 aliphatic rings. The highest BCUT2D eigenvalue weighted by molar-refractivity contribution is 7.19. The number of hydrogen-bond donors (Lipinski definition) is 2. The lowest BCUT2D eigenvalue weighted by Gasteiger charge is -2.26. The van der Waals surface area contributed by atoms with Gasteiger partial charge in [-0.3, -0.25) is 19.1 Å². The third-order valence-electron chi connectivity index (χ3n) is 6.24. The number of amides is 1. The molecule has 2 N–H and O–H groups in total. The molecule has 0 aliphatic carbocycles. The van der Waals surface area contributed by atoms with Crippen LogP contribution in [0, 0.1) is 0 Å². The number of rotatable bonds is 6. The van der Waals surface area contributed by atoms with E-state index in [-0.39, 0.29) is 24.1 Å². The largest absolute Gasteiger partial charge is 0.372 e. The Kier molecular flexibility index (Phi) is 6.04. The summed E-state index contributed by atoms with van der Waals surface area (Å²) in [6, 6.07) is 12.3. The molecule has 0 spiro atoms. The van der Waals surface area contributed by atoms with E-state index in [4.69, 9.17) is 0 Å². The van der Waals surface area contributed by atoms with Crippen LogP contribution in [0.3, 0.4) is 0 Å². The number of benzene rings is 1. The SMILES string of the molecule is O=C(Cn1cnc2c(c1=O)N[C@H](c1ccc(-c3nccs3)cc1)CC2)NCc1cc2cnccc2s1. The standard InChI is InChI=1S/C26H22N6O2S2/c33-23(29-13-19-11-18-12-27-8-7-22(18)36-19)14-32-15-30-21-6-5-20(31-24(21)26(32)34)16-1-3-17(4-2-16)25-28-9-10-35-25/h1-4,7-12,15,20,31H,5-6,13-14H2,(H,29,33)/t20-/m0/s1. The van der Waals surface area contributed by atoms with Crippen LogP contribution in [-0.4, -0.2) is 25.4 Å². The highest BCUT2D eigenvalue weighted by atomic mass is 32.1. The van der Waals surface area contributed by atoms with Gasteiger partial charge in [0.2, 0.25) is 5.91 Å². The number of nitrogens with one attached hydrogen (secondary N) is 2. The molecule has 0 saturated carbocycles. The molecule has 36 heavy (non-hydrogen) atoms. The quantitative estimate of drug-likeness (QED) is 0.348. The van der Waals surface area contributed by atoms with Gasteiger partial charge in [-0.25, -0.2) is 9.97 Å². The summed E-state index contributed by atoms with van der Waals surface area (Å²) >= 11 is 3.22. The molecule has 6 rings (SSSR count). The Morgan fingerprint density at radius 3 is 2.86 bits per heavy atom. The number of carbonyl (C=O) groups is 1. The van der Waals surface area contributed by atoms with E-state index in [1.54, 1.807) is 35.1 Å². The predicted octanol–water partition coefficient (Wildman–Crippen LogP) is 4.39. The molecule has 0 radical (unpaired) electrons. The summed E-state index contributed by atoms with van der Waals surface area (Å²) in [5.41, 5.74) is 3.17. The summed E-state index contributed by atoms with van der Waals surface area (Å²) in [5, 5.41) is 10.3. The molecule has 180 valence electrons. The first-order chi connectivity index (χ1) is 17.6. The first-order valence-electron chi connectivity index (χ1n) is 11.6. The van der Waals surface area contributed by atoms with Crippen molar-refractivity contribution in [2.45, 2.75) is 32.0 Å². The summed E-state index contributed by atoms with van der Waals surface area (Å²) in [7, 11) is 0. The molecule has 1 aromatic carbocycles. The molecule has 0 unspecified atom stereocenters. The van der Waals surface area contributed by atoms with Crippen LogP contribution in [0.1, 0.15) is 28.6 Å². The number of nitrogens with zero attached hydrogens (tertiary/aromatic N) is 4. The lowest BCUT2D eigenvalue weighted by molar-refractivity contribution is -0.121. The summed E-state index contributed by atoms with van der Waals surface area (Å²) in [6.45, 7) is 0.322. The maximum Gasteiger partial charge on any atom is 0.277 e. The van der Waals surface area contributed by atoms with Gasteiger partial charge < -0.3 is 10.6 Å². The minimum atomic E-state index is -0.237. The fourth-order valence-electron chi connectivity index (χ4n) is 4.39. The molecule has 0 fully saturated rings. The zero-order valence-electron chi connectivity index (χ0n) is 19.2. The summed E-state index contributed by atoms with van der Waals surface area (Å²) in [6.07, 6.45) is 8.37. The number of thiophene rings is 1. The first-order valence-corrected chi connectivity index (χ1v) is 13.3. The van der Waals surface area contributed by atoms with Crippen molar-refractivity contribution in [3.05, 3.63) is 93.2 Å². The van der Waals surface area contributed by atoms with Crippen LogP contribution in [0.4, 0.5) is 5.69 Å². The van der Waals surface area contributed by atoms with Gasteiger partial charge in [-0.05, 0) is 30.5 Å². The molecule has 4 aromatic heterocycles. The molecule has 1 aliphatic heterocycles. The van der Waals surface area contributed by atoms with Gasteiger partial charge in [-0.2, -0.15) is 0 Å². The number of carbonyl (C=O) groups excluding carboxylic acids is 1. The monoisotopic (exact) mass is 514 g/mol. The lowest BCUT2D eigenvalue weighted by Crippen LogP contribution is -2.35. The van der Waals surface area contributed by atoms with Gasteiger partial charge in [0.1, 0.15) is 17.2 Å². The van der Waals surface area contributed by atoms with Crippen LogP contribution in [0.25, 0.3) is 20.7 Å². The van der Waals surface area contributed by atoms with Crippen molar-refractivity contribution in [1.82, 2.24) is 24.8 Å². The molecule has 10 heteroatoms. The number of hydrogen-bond acceptors (Lipinski definition) is 8. The lowest BCUT2D eigenvalue weighted by atomic mass is 9.96. The number of fused-ring (bicyclic) bond motifs is 2. The number of aromatic nitrogens is 4. The second kappa shape index (κ2) is 9.63. The number of anilines is 1. The van der Waals surface area contributed by atoms with E-state index < -0.39 is 0 Å². The highest BCUT2D eigenvalue weighted by Gasteiger charge is 2.24. The van der Waals surface area contributed by atoms with Crippen LogP contribution in [0.5, 0.6) is 0 Å². The Morgan fingerprint density at radius 2 is 2.06 bits per heavy atom. The Hall–Kier alpha value is -3.89. The second-order valence-electron chi connectivity index (χ2n) is 8.60. The molecular formula is C26H22N6O2S2. The molecule has 8 nitrogen and oxygen atoms in total. The molecular weight excluding hydrogens is 492 g/mol. The minimum absolute atomic E-state index is 0.00414. The van der Waals surface area contributed by atoms with E-state index in [9.17, 15) is 9.59 Å². The summed E-state index contributed by atoms with van der Waals surface area (Å²) in [4.78, 5) is 39.8. The number of pyridine rings is 1. The van der Waals surface area contributed by atoms with Crippen molar-refractivity contribution < 1.29 is 4.79 Å². The summed E-state index contributed by atoms with van der Waals surface area (Å²) < 4.78 is 2.49. The van der Waals surface area contributed by atoms with Gasteiger partial charge in [-0.15, -0.1) is 22.7 Å². The van der Waals surface area contributed by atoms with Crippen molar-refractivity contribution in [2.75, 3.05) is 5.32 Å². The minimum Gasteiger partial charge on any atom is -0.372 e. The average Bonchev–Trinajstić information content (AvgIpc) is 3.59. The molecule has 0 bridgehead atoms. The van der Waals surface area contributed by atoms with Crippen LogP contribution < -0.4 is 16.2 Å². The Morgan fingerprint density at radius 1 is 1.17 bits per heavy atom. The molecule has 5 heterocycles. The topological polar surface area (TPSA) is 102 Å². The van der Waals surface area contributed by atoms with Crippen LogP contribution in [0.2, 0.25) is 0 Å². The van der Waals surface area contributed by atoms with Crippen LogP contribution in [-0.2, 0) is 24.3 Å². The smallest absolute Gasteiger partial charge is 0.277 e. The molecule has 5 aromatic rings. The van der Waals surface area contributed by atoms with Crippen molar-refractivity contribution >= 4 is 44.4 Å². The van der Waals surface area contributed by atoms with E-state index in [1.165, 1.54) is 10.9 Å². The highest BCUT2D eigenvalue weighted by Crippen LogP contribution is 2.31. The molecule has 0 saturated heterocycles. The van der Waals surface area contributed by atoms with E-state index in [0.29, 0.717) is 18.7 Å². The first kappa shape index (κ1) is 22.6. The second-order valence-corrected chi connectivity index (χ2v) is 10.7. The van der Waals surface area contributed by atoms with Crippen molar-refractivity contribution in [2.24, 2.45) is 0 Å². The van der Waals surface area contributed by atoms with Gasteiger partial charge in [0.25, 0.3) is 5.56 Å². The molecule has 1 amide bonds. The third-order valence-corrected chi connectivity index (χ3v) is 8.18. The normalized spacial score (nSPS) is 14.8. The zero-order valence-corrected chi connectivity index (χ0v) is 20.8. The maximum atomic E-state index is 13.2. The molecule has 1 atom stereocenters. The fourth-order valence-corrected chi connectivity index (χ4v) is 6.01. The van der Waals surface area contributed by atoms with E-state index in [2.05, 4.69) is 49.9 Å². The van der Waals surface area contributed by atoms with Crippen molar-refractivity contribution in [3.8, 4) is 10.6 Å². The zero-order chi connectivity index (χ0) is 24.5. The van der Waals surface area contributed by atoms with Gasteiger partial charge >= 0.3 is 0 Å². The average molecular weight is 515 g/mol. The number of thiazole rings is 1. The third kappa shape index (κ3) is 4.52. The Balaban J connectivity index is 1.13. The van der Waals surface area contributed by atoms with Crippen molar-refractivity contribution in [1.29, 1.82) is 0 Å². The van der Waals surface area contributed by atoms with Gasteiger partial charge in [0, 0.05) is 44.5 Å². The van der Waals surface area contributed by atoms with Gasteiger partial charge in [0.05, 0.1) is 24.6 Å². The van der Waals surface area contributed by atoms with E-state index in [0.717, 1.165) is 43.2 Å². The predicted molar refractivity (Wildman–Crippen MR) is 142 cm³/mol. The van der Waals surface area contributed by atoms with Gasteiger partial charge in [-0.1, -0.05) is 24.3 Å².